The van der Waals surface area contributed by atoms with Crippen molar-refractivity contribution in [1.82, 2.24) is 24.0 Å². The summed E-state index contributed by atoms with van der Waals surface area (Å²) >= 11 is 0. The second-order valence-corrected chi connectivity index (χ2v) is 7.11. The van der Waals surface area contributed by atoms with E-state index in [1.54, 1.807) is 14.0 Å². The third-order valence-corrected chi connectivity index (χ3v) is 5.23. The third kappa shape index (κ3) is 3.77. The average Bonchev–Trinajstić information content (AvgIpc) is 3.03. The maximum atomic E-state index is 12.5. The predicted molar refractivity (Wildman–Crippen MR) is 104 cm³/mol. The van der Waals surface area contributed by atoms with Crippen molar-refractivity contribution in [1.29, 1.82) is 0 Å². The van der Waals surface area contributed by atoms with Crippen LogP contribution in [0.1, 0.15) is 39.5 Å². The Hall–Kier alpha value is -2.58. The lowest BCUT2D eigenvalue weighted by Crippen LogP contribution is -2.48. The molecule has 0 spiro atoms. The summed E-state index contributed by atoms with van der Waals surface area (Å²) in [7, 11) is 1.62. The molecule has 1 fully saturated rings. The number of carbonyl (C=O) groups excluding carboxylic acids is 1. The van der Waals surface area contributed by atoms with Gasteiger partial charge in [-0.1, -0.05) is 26.2 Å². The molecule has 0 radical (unpaired) electrons. The standard InChI is InChI=1S/C18H28N6O3/c1-4-5-6-7-8-24-14-15(21(3)18(27)20-16(14)26)19-17(24)23-11-9-22(10-12-23)13(2)25/h4-12H2,1-3H3,(H,20,26,27). The zero-order chi connectivity index (χ0) is 19.6. The number of fused-ring (bicyclic) bond motifs is 1. The van der Waals surface area contributed by atoms with Gasteiger partial charge in [0.1, 0.15) is 0 Å². The topological polar surface area (TPSA) is 96.2 Å². The quantitative estimate of drug-likeness (QED) is 0.748. The lowest BCUT2D eigenvalue weighted by molar-refractivity contribution is -0.129. The van der Waals surface area contributed by atoms with Crippen LogP contribution in [0.5, 0.6) is 0 Å². The van der Waals surface area contributed by atoms with E-state index in [1.807, 2.05) is 9.47 Å². The lowest BCUT2D eigenvalue weighted by atomic mass is 10.2. The minimum atomic E-state index is -0.462. The van der Waals surface area contributed by atoms with E-state index < -0.39 is 11.2 Å². The van der Waals surface area contributed by atoms with E-state index in [2.05, 4.69) is 21.8 Å². The van der Waals surface area contributed by atoms with Gasteiger partial charge >= 0.3 is 5.69 Å². The van der Waals surface area contributed by atoms with Crippen LogP contribution in [-0.2, 0) is 18.4 Å². The van der Waals surface area contributed by atoms with Gasteiger partial charge in [-0.25, -0.2) is 4.79 Å². The molecule has 2 aromatic heterocycles. The third-order valence-electron chi connectivity index (χ3n) is 5.23. The number of nitrogens with one attached hydrogen (secondary N) is 1. The second kappa shape index (κ2) is 7.98. The molecule has 148 valence electrons. The molecule has 1 N–H and O–H groups in total. The van der Waals surface area contributed by atoms with Crippen LogP contribution in [0.2, 0.25) is 0 Å². The molecule has 3 rings (SSSR count). The molecule has 27 heavy (non-hydrogen) atoms. The normalized spacial score (nSPS) is 14.9. The number of aromatic amines is 1. The molecule has 0 aliphatic carbocycles. The monoisotopic (exact) mass is 376 g/mol. The first-order valence-electron chi connectivity index (χ1n) is 9.64. The summed E-state index contributed by atoms with van der Waals surface area (Å²) in [6.07, 6.45) is 4.31. The molecule has 3 heterocycles. The van der Waals surface area contributed by atoms with Gasteiger partial charge in [0.25, 0.3) is 5.56 Å². The van der Waals surface area contributed by atoms with Crippen molar-refractivity contribution in [3.63, 3.8) is 0 Å². The van der Waals surface area contributed by atoms with Crippen LogP contribution in [0.25, 0.3) is 11.2 Å². The van der Waals surface area contributed by atoms with Crippen molar-refractivity contribution in [2.75, 3.05) is 31.1 Å². The van der Waals surface area contributed by atoms with Crippen molar-refractivity contribution >= 4 is 23.0 Å². The maximum absolute atomic E-state index is 12.5. The number of aryl methyl sites for hydroxylation is 2. The van der Waals surface area contributed by atoms with E-state index >= 15 is 0 Å². The molecule has 0 saturated carbocycles. The van der Waals surface area contributed by atoms with Gasteiger partial charge in [-0.2, -0.15) is 4.98 Å². The zero-order valence-corrected chi connectivity index (χ0v) is 16.3. The fourth-order valence-electron chi connectivity index (χ4n) is 3.59. The van der Waals surface area contributed by atoms with Gasteiger partial charge in [-0.15, -0.1) is 0 Å². The lowest BCUT2D eigenvalue weighted by Gasteiger charge is -2.35. The highest BCUT2D eigenvalue weighted by atomic mass is 16.2. The van der Waals surface area contributed by atoms with Gasteiger partial charge in [0.05, 0.1) is 0 Å². The van der Waals surface area contributed by atoms with Crippen LogP contribution < -0.4 is 16.1 Å². The number of carbonyl (C=O) groups is 1. The minimum Gasteiger partial charge on any atom is -0.339 e. The van der Waals surface area contributed by atoms with Crippen LogP contribution in [-0.4, -0.2) is 56.1 Å². The fraction of sp³-hybridized carbons (Fsp3) is 0.667. The van der Waals surface area contributed by atoms with Crippen LogP contribution >= 0.6 is 0 Å². The number of piperazine rings is 1. The number of amides is 1. The van der Waals surface area contributed by atoms with Crippen molar-refractivity contribution in [2.45, 2.75) is 46.1 Å². The number of imidazole rings is 1. The number of aromatic nitrogens is 4. The Bertz CT molecular complexity index is 933. The van der Waals surface area contributed by atoms with E-state index in [1.165, 1.54) is 4.57 Å². The Morgan fingerprint density at radius 3 is 2.44 bits per heavy atom. The summed E-state index contributed by atoms with van der Waals surface area (Å²) < 4.78 is 3.32. The number of hydrogen-bond donors (Lipinski definition) is 1. The molecule has 1 aliphatic heterocycles. The summed E-state index contributed by atoms with van der Waals surface area (Å²) in [5.41, 5.74) is -0.0124. The molecule has 0 atom stereocenters. The SMILES string of the molecule is CCCCCCn1c(N2CCN(C(C)=O)CC2)nc2c1c(=O)[nH]c(=O)n2C. The summed E-state index contributed by atoms with van der Waals surface area (Å²) in [4.78, 5) is 47.0. The maximum Gasteiger partial charge on any atom is 0.329 e. The molecule has 0 aromatic carbocycles. The van der Waals surface area contributed by atoms with E-state index in [-0.39, 0.29) is 5.91 Å². The van der Waals surface area contributed by atoms with Crippen LogP contribution in [0.15, 0.2) is 9.59 Å². The molecule has 9 nitrogen and oxygen atoms in total. The smallest absolute Gasteiger partial charge is 0.329 e. The van der Waals surface area contributed by atoms with E-state index in [9.17, 15) is 14.4 Å². The van der Waals surface area contributed by atoms with Crippen LogP contribution in [0, 0.1) is 0 Å². The number of unbranched alkanes of at least 4 members (excludes halogenated alkanes) is 3. The van der Waals surface area contributed by atoms with Gasteiger partial charge in [-0.05, 0) is 6.42 Å². The van der Waals surface area contributed by atoms with Crippen molar-refractivity contribution in [2.24, 2.45) is 7.05 Å². The van der Waals surface area contributed by atoms with Crippen LogP contribution in [0.3, 0.4) is 0 Å². The Kier molecular flexibility index (Phi) is 5.67. The van der Waals surface area contributed by atoms with Crippen molar-refractivity contribution in [3.05, 3.63) is 20.8 Å². The highest BCUT2D eigenvalue weighted by molar-refractivity contribution is 5.75. The predicted octanol–water partition coefficient (Wildman–Crippen LogP) is 0.672. The first-order valence-corrected chi connectivity index (χ1v) is 9.64. The number of hydrogen-bond acceptors (Lipinski definition) is 5. The molecule has 0 unspecified atom stereocenters. The van der Waals surface area contributed by atoms with Gasteiger partial charge in [0.15, 0.2) is 11.2 Å². The van der Waals surface area contributed by atoms with E-state index in [0.717, 1.165) is 25.7 Å². The van der Waals surface area contributed by atoms with Gasteiger partial charge in [0.2, 0.25) is 11.9 Å². The zero-order valence-electron chi connectivity index (χ0n) is 16.3. The second-order valence-electron chi connectivity index (χ2n) is 7.11. The largest absolute Gasteiger partial charge is 0.339 e. The van der Waals surface area contributed by atoms with Crippen molar-refractivity contribution < 1.29 is 4.79 Å². The molecule has 0 bridgehead atoms. The van der Waals surface area contributed by atoms with Crippen molar-refractivity contribution in [3.8, 4) is 0 Å². The Morgan fingerprint density at radius 1 is 1.11 bits per heavy atom. The fourth-order valence-corrected chi connectivity index (χ4v) is 3.59. The molecule has 9 heteroatoms. The van der Waals surface area contributed by atoms with Gasteiger partial charge < -0.3 is 14.4 Å². The highest BCUT2D eigenvalue weighted by Crippen LogP contribution is 2.22. The molecular weight excluding hydrogens is 348 g/mol. The molecular formula is C18H28N6O3. The van der Waals surface area contributed by atoms with Gasteiger partial charge in [0, 0.05) is 46.7 Å². The van der Waals surface area contributed by atoms with Crippen LogP contribution in [0.4, 0.5) is 5.95 Å². The molecule has 1 saturated heterocycles. The Labute approximate surface area is 157 Å². The summed E-state index contributed by atoms with van der Waals surface area (Å²) in [6, 6.07) is 0. The summed E-state index contributed by atoms with van der Waals surface area (Å²) in [5, 5.41) is 0. The molecule has 1 amide bonds. The van der Waals surface area contributed by atoms with E-state index in [4.69, 9.17) is 0 Å². The Morgan fingerprint density at radius 2 is 1.81 bits per heavy atom. The average molecular weight is 376 g/mol. The highest BCUT2D eigenvalue weighted by Gasteiger charge is 2.25. The minimum absolute atomic E-state index is 0.0709. The molecule has 2 aromatic rings. The Balaban J connectivity index is 1.99. The van der Waals surface area contributed by atoms with E-state index in [0.29, 0.717) is 49.8 Å². The van der Waals surface area contributed by atoms with Gasteiger partial charge in [-0.3, -0.25) is 19.1 Å². The first kappa shape index (κ1) is 19.2. The number of nitrogens with zero attached hydrogens (tertiary/aromatic N) is 5. The number of anilines is 1. The summed E-state index contributed by atoms with van der Waals surface area (Å²) in [5.74, 6) is 0.776. The number of rotatable bonds is 6. The molecule has 1 aliphatic rings. The first-order chi connectivity index (χ1) is 12.9. The number of H-pyrrole nitrogens is 1. The summed E-state index contributed by atoms with van der Waals surface area (Å²) in [6.45, 7) is 6.99.